The average molecular weight is 574 g/mol. The largest absolute Gasteiger partial charge is 0.477 e. The van der Waals surface area contributed by atoms with Crippen LogP contribution in [0.3, 0.4) is 0 Å². The van der Waals surface area contributed by atoms with Gasteiger partial charge in [0.1, 0.15) is 36.9 Å². The van der Waals surface area contributed by atoms with Gasteiger partial charge in [0.15, 0.2) is 0 Å². The molecule has 3 amide bonds. The first kappa shape index (κ1) is 28.1. The molecule has 2 N–H and O–H groups in total. The number of halogens is 1. The predicted octanol–water partition coefficient (Wildman–Crippen LogP) is 2.22. The van der Waals surface area contributed by atoms with E-state index in [4.69, 9.17) is 21.2 Å². The van der Waals surface area contributed by atoms with E-state index in [2.05, 4.69) is 5.32 Å². The van der Waals surface area contributed by atoms with Crippen molar-refractivity contribution in [1.29, 1.82) is 0 Å². The van der Waals surface area contributed by atoms with Gasteiger partial charge in [-0.3, -0.25) is 28.9 Å². The van der Waals surface area contributed by atoms with Gasteiger partial charge in [-0.25, -0.2) is 9.86 Å². The molecule has 1 saturated heterocycles. The maximum absolute atomic E-state index is 13.1. The molecule has 0 aliphatic carbocycles. The van der Waals surface area contributed by atoms with Crippen molar-refractivity contribution in [3.8, 4) is 0 Å². The van der Waals surface area contributed by atoms with Crippen molar-refractivity contribution >= 4 is 53.0 Å². The number of rotatable bonds is 10. The van der Waals surface area contributed by atoms with Crippen LogP contribution in [0.1, 0.15) is 22.8 Å². The molecule has 2 aliphatic heterocycles. The number of aliphatic carboxylic acids is 1. The Hall–Kier alpha value is -3.87. The number of carboxylic acids is 1. The fourth-order valence-electron chi connectivity index (χ4n) is 3.97. The van der Waals surface area contributed by atoms with E-state index < -0.39 is 47.6 Å². The Bertz CT molecular complexity index is 1320. The zero-order valence-electron chi connectivity index (χ0n) is 20.7. The van der Waals surface area contributed by atoms with Crippen molar-refractivity contribution in [2.45, 2.75) is 24.9 Å². The standard InChI is InChI=1S/C26H24ClN3O8S/c1-15(31)37-13-18-14-39-25-21(24(34)30(25)22(18)26(35)36)28-20(32)11-29(23(33)17-5-3-2-4-6-17)38-12-16-7-9-19(27)10-8-16/h2-10,21,25H,11-14H2,1H3,(H,28,32)(H,35,36)/t21-,25?/m1/s1. The first-order valence-corrected chi connectivity index (χ1v) is 13.2. The second-order valence-electron chi connectivity index (χ2n) is 8.60. The number of β-lactam (4-membered cyclic amide) rings is 1. The summed E-state index contributed by atoms with van der Waals surface area (Å²) < 4.78 is 4.92. The van der Waals surface area contributed by atoms with Gasteiger partial charge in [0.25, 0.3) is 11.8 Å². The van der Waals surface area contributed by atoms with Crippen molar-refractivity contribution in [2.24, 2.45) is 0 Å². The number of hydroxylamine groups is 2. The smallest absolute Gasteiger partial charge is 0.352 e. The van der Waals surface area contributed by atoms with E-state index in [-0.39, 0.29) is 30.2 Å². The van der Waals surface area contributed by atoms with Crippen LogP contribution in [0.2, 0.25) is 5.02 Å². The first-order chi connectivity index (χ1) is 18.7. The SMILES string of the molecule is CC(=O)OCC1=C(C(=O)O)N2C(=O)[C@@H](NC(=O)CN(OCc3ccc(Cl)cc3)C(=O)c3ccccc3)C2SC1. The van der Waals surface area contributed by atoms with Crippen LogP contribution in [0.5, 0.6) is 0 Å². The molecular weight excluding hydrogens is 550 g/mol. The van der Waals surface area contributed by atoms with E-state index in [0.717, 1.165) is 9.96 Å². The van der Waals surface area contributed by atoms with Gasteiger partial charge in [-0.15, -0.1) is 11.8 Å². The van der Waals surface area contributed by atoms with E-state index in [1.807, 2.05) is 0 Å². The van der Waals surface area contributed by atoms with Crippen LogP contribution in [-0.2, 0) is 35.4 Å². The van der Waals surface area contributed by atoms with E-state index in [1.165, 1.54) is 18.7 Å². The summed E-state index contributed by atoms with van der Waals surface area (Å²) in [6, 6.07) is 14.0. The Morgan fingerprint density at radius 3 is 2.44 bits per heavy atom. The molecule has 0 aromatic heterocycles. The van der Waals surface area contributed by atoms with Crippen LogP contribution in [0.4, 0.5) is 0 Å². The molecule has 1 fully saturated rings. The molecule has 11 nitrogen and oxygen atoms in total. The van der Waals surface area contributed by atoms with Crippen LogP contribution in [-0.4, -0.2) is 75.1 Å². The molecule has 2 aromatic carbocycles. The lowest BCUT2D eigenvalue weighted by molar-refractivity contribution is -0.157. The van der Waals surface area contributed by atoms with Gasteiger partial charge in [0, 0.05) is 28.8 Å². The quantitative estimate of drug-likeness (QED) is 0.248. The van der Waals surface area contributed by atoms with Gasteiger partial charge in [-0.2, -0.15) is 0 Å². The molecule has 0 bridgehead atoms. The highest BCUT2D eigenvalue weighted by atomic mass is 35.5. The monoisotopic (exact) mass is 573 g/mol. The minimum absolute atomic E-state index is 0.0183. The van der Waals surface area contributed by atoms with Crippen LogP contribution in [0, 0.1) is 0 Å². The molecule has 2 heterocycles. The van der Waals surface area contributed by atoms with E-state index in [0.29, 0.717) is 16.1 Å². The normalized spacial score (nSPS) is 18.1. The van der Waals surface area contributed by atoms with Crippen LogP contribution in [0.15, 0.2) is 65.9 Å². The second-order valence-corrected chi connectivity index (χ2v) is 10.1. The number of nitrogens with one attached hydrogen (secondary N) is 1. The van der Waals surface area contributed by atoms with Gasteiger partial charge in [-0.05, 0) is 29.8 Å². The average Bonchev–Trinajstić information content (AvgIpc) is 2.93. The number of carbonyl (C=O) groups excluding carboxylic acids is 4. The second kappa shape index (κ2) is 12.3. The molecule has 4 rings (SSSR count). The number of nitrogens with zero attached hydrogens (tertiary/aromatic N) is 2. The number of hydrogen-bond acceptors (Lipinski definition) is 8. The van der Waals surface area contributed by atoms with Gasteiger partial charge in [0.2, 0.25) is 5.91 Å². The number of amides is 3. The fourth-order valence-corrected chi connectivity index (χ4v) is 5.42. The molecule has 39 heavy (non-hydrogen) atoms. The van der Waals surface area contributed by atoms with E-state index in [9.17, 15) is 29.1 Å². The van der Waals surface area contributed by atoms with Crippen LogP contribution in [0.25, 0.3) is 0 Å². The summed E-state index contributed by atoms with van der Waals surface area (Å²) in [6.07, 6.45) is 0. The summed E-state index contributed by atoms with van der Waals surface area (Å²) in [5.41, 5.74) is 1.04. The molecule has 204 valence electrons. The Morgan fingerprint density at radius 1 is 1.10 bits per heavy atom. The summed E-state index contributed by atoms with van der Waals surface area (Å²) in [4.78, 5) is 68.7. The summed E-state index contributed by atoms with van der Waals surface area (Å²) in [5, 5.41) is 13.1. The van der Waals surface area contributed by atoms with E-state index in [1.54, 1.807) is 54.6 Å². The number of thioether (sulfide) groups is 1. The Kier molecular flexibility index (Phi) is 8.90. The number of carbonyl (C=O) groups is 5. The summed E-state index contributed by atoms with van der Waals surface area (Å²) >= 11 is 7.15. The molecular formula is C26H24ClN3O8S. The van der Waals surface area contributed by atoms with Crippen LogP contribution < -0.4 is 5.32 Å². The van der Waals surface area contributed by atoms with Gasteiger partial charge in [-0.1, -0.05) is 41.9 Å². The number of benzene rings is 2. The fraction of sp³-hybridized carbons (Fsp3) is 0.269. The van der Waals surface area contributed by atoms with Gasteiger partial charge >= 0.3 is 11.9 Å². The van der Waals surface area contributed by atoms with Crippen LogP contribution >= 0.6 is 23.4 Å². The number of hydrogen-bond donors (Lipinski definition) is 2. The molecule has 0 spiro atoms. The van der Waals surface area contributed by atoms with Crippen molar-refractivity contribution in [2.75, 3.05) is 18.9 Å². The third-order valence-corrected chi connectivity index (χ3v) is 7.44. The third kappa shape index (κ3) is 6.59. The maximum Gasteiger partial charge on any atom is 0.352 e. The van der Waals surface area contributed by atoms with Crippen molar-refractivity contribution < 1.29 is 38.7 Å². The number of esters is 1. The minimum Gasteiger partial charge on any atom is -0.477 e. The Morgan fingerprint density at radius 2 is 1.79 bits per heavy atom. The highest BCUT2D eigenvalue weighted by Gasteiger charge is 2.54. The lowest BCUT2D eigenvalue weighted by atomic mass is 10.0. The molecule has 1 unspecified atom stereocenters. The topological polar surface area (TPSA) is 143 Å². The predicted molar refractivity (Wildman–Crippen MR) is 140 cm³/mol. The molecule has 2 aromatic rings. The Labute approximate surface area is 232 Å². The zero-order valence-corrected chi connectivity index (χ0v) is 22.2. The lowest BCUT2D eigenvalue weighted by Crippen LogP contribution is -2.71. The van der Waals surface area contributed by atoms with Gasteiger partial charge < -0.3 is 15.2 Å². The molecule has 13 heteroatoms. The molecule has 2 atom stereocenters. The molecule has 0 radical (unpaired) electrons. The summed E-state index contributed by atoms with van der Waals surface area (Å²) in [5.74, 6) is -3.57. The summed E-state index contributed by atoms with van der Waals surface area (Å²) in [7, 11) is 0. The minimum atomic E-state index is -1.34. The lowest BCUT2D eigenvalue weighted by Gasteiger charge is -2.49. The highest BCUT2D eigenvalue weighted by molar-refractivity contribution is 8.00. The highest BCUT2D eigenvalue weighted by Crippen LogP contribution is 2.40. The van der Waals surface area contributed by atoms with Gasteiger partial charge in [0.05, 0.1) is 0 Å². The van der Waals surface area contributed by atoms with Crippen molar-refractivity contribution in [1.82, 2.24) is 15.3 Å². The van der Waals surface area contributed by atoms with Crippen molar-refractivity contribution in [3.05, 3.63) is 82.0 Å². The Balaban J connectivity index is 1.44. The summed E-state index contributed by atoms with van der Waals surface area (Å²) in [6.45, 7) is 0.418. The number of ether oxygens (including phenoxy) is 1. The zero-order chi connectivity index (χ0) is 28.1. The molecule has 2 aliphatic rings. The number of carboxylic acid groups (broad SMARTS) is 1. The van der Waals surface area contributed by atoms with E-state index >= 15 is 0 Å². The van der Waals surface area contributed by atoms with Crippen molar-refractivity contribution in [3.63, 3.8) is 0 Å². The maximum atomic E-state index is 13.1. The number of fused-ring (bicyclic) bond motifs is 1. The third-order valence-electron chi connectivity index (χ3n) is 5.85. The molecule has 0 saturated carbocycles. The first-order valence-electron chi connectivity index (χ1n) is 11.7.